The molecule has 2 N–H and O–H groups in total. The number of amides is 2. The molecule has 146 valence electrons. The van der Waals surface area contributed by atoms with Crippen molar-refractivity contribution in [2.75, 3.05) is 32.7 Å². The van der Waals surface area contributed by atoms with E-state index in [0.717, 1.165) is 36.7 Å². The molecule has 0 spiro atoms. The van der Waals surface area contributed by atoms with Gasteiger partial charge in [-0.25, -0.2) is 0 Å². The summed E-state index contributed by atoms with van der Waals surface area (Å²) in [6, 6.07) is 11.1. The summed E-state index contributed by atoms with van der Waals surface area (Å²) in [5, 5.41) is 8.63. The van der Waals surface area contributed by atoms with Gasteiger partial charge in [-0.05, 0) is 48.4 Å². The van der Waals surface area contributed by atoms with E-state index < -0.39 is 0 Å². The first kappa shape index (κ1) is 21.2. The predicted octanol–water partition coefficient (Wildman–Crippen LogP) is 3.46. The lowest BCUT2D eigenvalue weighted by Gasteiger charge is -2.20. The summed E-state index contributed by atoms with van der Waals surface area (Å²) in [5.41, 5.74) is 0.609. The maximum atomic E-state index is 12.3. The smallest absolute Gasteiger partial charge is 0.251 e. The van der Waals surface area contributed by atoms with Gasteiger partial charge in [-0.15, -0.1) is 0 Å². The molecule has 0 atom stereocenters. The third-order valence-electron chi connectivity index (χ3n) is 4.44. The van der Waals surface area contributed by atoms with Gasteiger partial charge in [-0.3, -0.25) is 9.59 Å². The minimum absolute atomic E-state index is 0.102. The van der Waals surface area contributed by atoms with Crippen LogP contribution >= 0.6 is 11.6 Å². The van der Waals surface area contributed by atoms with E-state index in [9.17, 15) is 9.59 Å². The van der Waals surface area contributed by atoms with Crippen molar-refractivity contribution in [1.82, 2.24) is 15.5 Å². The Morgan fingerprint density at radius 3 is 2.52 bits per heavy atom. The van der Waals surface area contributed by atoms with Gasteiger partial charge in [-0.2, -0.15) is 0 Å². The predicted molar refractivity (Wildman–Crippen MR) is 111 cm³/mol. The van der Waals surface area contributed by atoms with Crippen molar-refractivity contribution in [3.05, 3.63) is 47.0 Å². The molecule has 0 bridgehead atoms. The second-order valence-corrected chi connectivity index (χ2v) is 6.90. The van der Waals surface area contributed by atoms with Crippen molar-refractivity contribution in [1.29, 1.82) is 0 Å². The van der Waals surface area contributed by atoms with Crippen LogP contribution in [0.4, 0.5) is 0 Å². The molecule has 27 heavy (non-hydrogen) atoms. The van der Waals surface area contributed by atoms with Crippen molar-refractivity contribution in [2.45, 2.75) is 26.7 Å². The van der Waals surface area contributed by atoms with Crippen LogP contribution in [0.5, 0.6) is 0 Å². The first-order valence-corrected chi connectivity index (χ1v) is 9.89. The van der Waals surface area contributed by atoms with E-state index in [0.29, 0.717) is 30.2 Å². The van der Waals surface area contributed by atoms with Gasteiger partial charge in [0.2, 0.25) is 5.91 Å². The van der Waals surface area contributed by atoms with Crippen molar-refractivity contribution in [3.8, 4) is 0 Å². The highest BCUT2D eigenvalue weighted by Gasteiger charge is 2.10. The molecule has 6 heteroatoms. The number of nitrogens with one attached hydrogen (secondary N) is 2. The second-order valence-electron chi connectivity index (χ2n) is 6.47. The van der Waals surface area contributed by atoms with Gasteiger partial charge in [0.15, 0.2) is 0 Å². The standard InChI is InChI=1S/C21H28ClN3O2/c1-3-5-12-25(4-2)20(26)15-23-10-11-24-21(27)18-7-6-17-14-19(22)9-8-16(17)13-18/h6-9,13-14,23H,3-5,10-12,15H2,1-2H3,(H,24,27). The van der Waals surface area contributed by atoms with Gasteiger partial charge in [-0.1, -0.05) is 37.1 Å². The molecule has 0 saturated carbocycles. The van der Waals surface area contributed by atoms with Crippen LogP contribution in [0.15, 0.2) is 36.4 Å². The number of likely N-dealkylation sites (N-methyl/N-ethyl adjacent to an activating group) is 1. The van der Waals surface area contributed by atoms with Crippen molar-refractivity contribution < 1.29 is 9.59 Å². The maximum Gasteiger partial charge on any atom is 0.251 e. The van der Waals surface area contributed by atoms with Crippen LogP contribution in [0.3, 0.4) is 0 Å². The van der Waals surface area contributed by atoms with Crippen LogP contribution in [0.2, 0.25) is 5.02 Å². The van der Waals surface area contributed by atoms with Crippen LogP contribution in [0.25, 0.3) is 10.8 Å². The van der Waals surface area contributed by atoms with E-state index in [1.165, 1.54) is 0 Å². The van der Waals surface area contributed by atoms with Gasteiger partial charge in [0, 0.05) is 36.8 Å². The molecule has 0 aliphatic carbocycles. The van der Waals surface area contributed by atoms with E-state index in [-0.39, 0.29) is 11.8 Å². The number of carbonyl (C=O) groups excluding carboxylic acids is 2. The highest BCUT2D eigenvalue weighted by atomic mass is 35.5. The normalized spacial score (nSPS) is 10.8. The Labute approximate surface area is 166 Å². The van der Waals surface area contributed by atoms with Crippen molar-refractivity contribution in [3.63, 3.8) is 0 Å². The molecular formula is C21H28ClN3O2. The third-order valence-corrected chi connectivity index (χ3v) is 4.68. The molecule has 0 aliphatic heterocycles. The number of nitrogens with zero attached hydrogens (tertiary/aromatic N) is 1. The average molecular weight is 390 g/mol. The Morgan fingerprint density at radius 1 is 1.04 bits per heavy atom. The zero-order valence-corrected chi connectivity index (χ0v) is 16.8. The topological polar surface area (TPSA) is 61.4 Å². The molecular weight excluding hydrogens is 362 g/mol. The van der Waals surface area contributed by atoms with Crippen molar-refractivity contribution >= 4 is 34.2 Å². The summed E-state index contributed by atoms with van der Waals surface area (Å²) in [6.07, 6.45) is 2.10. The van der Waals surface area contributed by atoms with E-state index in [2.05, 4.69) is 17.6 Å². The summed E-state index contributed by atoms with van der Waals surface area (Å²) in [6.45, 7) is 6.94. The quantitative estimate of drug-likeness (QED) is 0.612. The van der Waals surface area contributed by atoms with Gasteiger partial charge < -0.3 is 15.5 Å². The highest BCUT2D eigenvalue weighted by Crippen LogP contribution is 2.20. The number of halogens is 1. The monoisotopic (exact) mass is 389 g/mol. The van der Waals surface area contributed by atoms with Crippen LogP contribution in [0.1, 0.15) is 37.0 Å². The molecule has 0 aliphatic rings. The van der Waals surface area contributed by atoms with E-state index in [1.807, 2.05) is 42.2 Å². The lowest BCUT2D eigenvalue weighted by molar-refractivity contribution is -0.130. The van der Waals surface area contributed by atoms with Gasteiger partial charge in [0.05, 0.1) is 6.54 Å². The Morgan fingerprint density at radius 2 is 1.78 bits per heavy atom. The van der Waals surface area contributed by atoms with Crippen LogP contribution in [-0.4, -0.2) is 49.4 Å². The molecule has 5 nitrogen and oxygen atoms in total. The Kier molecular flexibility index (Phi) is 8.55. The van der Waals surface area contributed by atoms with Gasteiger partial charge >= 0.3 is 0 Å². The molecule has 0 heterocycles. The maximum absolute atomic E-state index is 12.3. The molecule has 0 unspecified atom stereocenters. The fourth-order valence-electron chi connectivity index (χ4n) is 2.84. The molecule has 0 fully saturated rings. The number of rotatable bonds is 10. The Balaban J connectivity index is 1.74. The average Bonchev–Trinajstić information content (AvgIpc) is 2.67. The first-order chi connectivity index (χ1) is 13.0. The summed E-state index contributed by atoms with van der Waals surface area (Å²) >= 11 is 5.98. The van der Waals surface area contributed by atoms with Gasteiger partial charge in [0.1, 0.15) is 0 Å². The van der Waals surface area contributed by atoms with Crippen molar-refractivity contribution in [2.24, 2.45) is 0 Å². The molecule has 2 rings (SSSR count). The number of unbranched alkanes of at least 4 members (excludes halogenated alkanes) is 1. The molecule has 2 aromatic rings. The fraction of sp³-hybridized carbons (Fsp3) is 0.429. The number of hydrogen-bond acceptors (Lipinski definition) is 3. The molecule has 2 amide bonds. The lowest BCUT2D eigenvalue weighted by Crippen LogP contribution is -2.41. The zero-order valence-electron chi connectivity index (χ0n) is 16.1. The number of hydrogen-bond donors (Lipinski definition) is 2. The molecule has 0 aromatic heterocycles. The molecule has 0 saturated heterocycles. The highest BCUT2D eigenvalue weighted by molar-refractivity contribution is 6.31. The number of carbonyl (C=O) groups is 2. The van der Waals surface area contributed by atoms with E-state index in [1.54, 1.807) is 6.07 Å². The third kappa shape index (κ3) is 6.52. The van der Waals surface area contributed by atoms with Crippen LogP contribution < -0.4 is 10.6 Å². The largest absolute Gasteiger partial charge is 0.351 e. The fourth-order valence-corrected chi connectivity index (χ4v) is 3.02. The van der Waals surface area contributed by atoms with E-state index in [4.69, 9.17) is 11.6 Å². The van der Waals surface area contributed by atoms with Gasteiger partial charge in [0.25, 0.3) is 5.91 Å². The minimum atomic E-state index is -0.127. The minimum Gasteiger partial charge on any atom is -0.351 e. The summed E-state index contributed by atoms with van der Waals surface area (Å²) in [5.74, 6) is -0.0245. The molecule has 0 radical (unpaired) electrons. The first-order valence-electron chi connectivity index (χ1n) is 9.51. The van der Waals surface area contributed by atoms with Crippen LogP contribution in [0, 0.1) is 0 Å². The molecule has 2 aromatic carbocycles. The lowest BCUT2D eigenvalue weighted by atomic mass is 10.1. The number of benzene rings is 2. The van der Waals surface area contributed by atoms with E-state index >= 15 is 0 Å². The number of fused-ring (bicyclic) bond motifs is 1. The summed E-state index contributed by atoms with van der Waals surface area (Å²) < 4.78 is 0. The van der Waals surface area contributed by atoms with Crippen LogP contribution in [-0.2, 0) is 4.79 Å². The SMILES string of the molecule is CCCCN(CC)C(=O)CNCCNC(=O)c1ccc2cc(Cl)ccc2c1. The summed E-state index contributed by atoms with van der Waals surface area (Å²) in [4.78, 5) is 26.3. The Bertz CT molecular complexity index is 779. The Hall–Kier alpha value is -2.11. The summed E-state index contributed by atoms with van der Waals surface area (Å²) in [7, 11) is 0. The second kappa shape index (κ2) is 10.9. The zero-order chi connectivity index (χ0) is 19.6.